The van der Waals surface area contributed by atoms with E-state index in [0.29, 0.717) is 10.9 Å². The number of rotatable bonds is 4. The molecule has 0 aromatic heterocycles. The first-order chi connectivity index (χ1) is 7.84. The number of hydrogen-bond donors (Lipinski definition) is 2. The Labute approximate surface area is 108 Å². The van der Waals surface area contributed by atoms with Gasteiger partial charge in [-0.05, 0) is 38.5 Å². The highest BCUT2D eigenvalue weighted by molar-refractivity contribution is 9.10. The summed E-state index contributed by atoms with van der Waals surface area (Å²) in [6.07, 6.45) is 0.440. The summed E-state index contributed by atoms with van der Waals surface area (Å²) in [5.41, 5.74) is -0.271. The fourth-order valence-corrected chi connectivity index (χ4v) is 1.87. The van der Waals surface area contributed by atoms with Gasteiger partial charge in [0, 0.05) is 22.2 Å². The number of aliphatic hydroxyl groups excluding tert-OH is 1. The molecule has 1 aromatic rings. The molecule has 0 aliphatic rings. The molecule has 1 rings (SSSR count). The highest BCUT2D eigenvalue weighted by Crippen LogP contribution is 2.16. The van der Waals surface area contributed by atoms with E-state index in [0.717, 1.165) is 0 Å². The number of carbonyl (C=O) groups excluding carboxylic acids is 1. The number of carbonyl (C=O) groups is 1. The van der Waals surface area contributed by atoms with Crippen LogP contribution < -0.4 is 5.32 Å². The van der Waals surface area contributed by atoms with Gasteiger partial charge in [0.2, 0.25) is 0 Å². The number of halogens is 2. The van der Waals surface area contributed by atoms with Crippen molar-refractivity contribution in [2.24, 2.45) is 0 Å². The van der Waals surface area contributed by atoms with Crippen LogP contribution in [0.15, 0.2) is 22.7 Å². The second-order valence-corrected chi connectivity index (χ2v) is 5.39. The van der Waals surface area contributed by atoms with Crippen LogP contribution in [0.1, 0.15) is 30.6 Å². The Hall–Kier alpha value is -0.940. The van der Waals surface area contributed by atoms with Gasteiger partial charge in [-0.25, -0.2) is 4.39 Å². The molecule has 0 aliphatic heterocycles. The van der Waals surface area contributed by atoms with Gasteiger partial charge in [-0.1, -0.05) is 15.9 Å². The van der Waals surface area contributed by atoms with Crippen LogP contribution >= 0.6 is 15.9 Å². The van der Waals surface area contributed by atoms with Crippen LogP contribution in [0.3, 0.4) is 0 Å². The van der Waals surface area contributed by atoms with Crippen LogP contribution in [0.25, 0.3) is 0 Å². The van der Waals surface area contributed by atoms with Crippen LogP contribution in [-0.2, 0) is 0 Å². The third-order valence-corrected chi connectivity index (χ3v) is 2.77. The van der Waals surface area contributed by atoms with Gasteiger partial charge in [0.25, 0.3) is 5.91 Å². The lowest BCUT2D eigenvalue weighted by atomic mass is 10.0. The Balaban J connectivity index is 2.83. The summed E-state index contributed by atoms with van der Waals surface area (Å²) in [5, 5.41) is 11.6. The van der Waals surface area contributed by atoms with Gasteiger partial charge in [0.15, 0.2) is 0 Å². The van der Waals surface area contributed by atoms with Crippen LogP contribution in [0.4, 0.5) is 4.39 Å². The maximum Gasteiger partial charge on any atom is 0.251 e. The molecular formula is C12H15BrFNO2. The van der Waals surface area contributed by atoms with E-state index in [4.69, 9.17) is 5.11 Å². The molecular weight excluding hydrogens is 289 g/mol. The normalized spacial score (nSPS) is 11.4. The summed E-state index contributed by atoms with van der Waals surface area (Å²) in [7, 11) is 0. The second kappa shape index (κ2) is 5.60. The summed E-state index contributed by atoms with van der Waals surface area (Å²) in [6.45, 7) is 3.59. The predicted octanol–water partition coefficient (Wildman–Crippen LogP) is 2.48. The van der Waals surface area contributed by atoms with Crippen LogP contribution in [-0.4, -0.2) is 23.2 Å². The number of aliphatic hydroxyl groups is 1. The molecule has 17 heavy (non-hydrogen) atoms. The fraction of sp³-hybridized carbons (Fsp3) is 0.417. The van der Waals surface area contributed by atoms with Crippen molar-refractivity contribution in [1.82, 2.24) is 5.32 Å². The van der Waals surface area contributed by atoms with Gasteiger partial charge in [-0.2, -0.15) is 0 Å². The smallest absolute Gasteiger partial charge is 0.251 e. The molecule has 1 aromatic carbocycles. The third-order valence-electron chi connectivity index (χ3n) is 2.31. The van der Waals surface area contributed by atoms with E-state index in [-0.39, 0.29) is 18.1 Å². The molecule has 0 radical (unpaired) electrons. The molecule has 0 aliphatic carbocycles. The monoisotopic (exact) mass is 303 g/mol. The quantitative estimate of drug-likeness (QED) is 0.898. The number of nitrogens with one attached hydrogen (secondary N) is 1. The fourth-order valence-electron chi connectivity index (χ4n) is 1.41. The van der Waals surface area contributed by atoms with Gasteiger partial charge >= 0.3 is 0 Å². The zero-order valence-corrected chi connectivity index (χ0v) is 11.3. The summed E-state index contributed by atoms with van der Waals surface area (Å²) in [5.74, 6) is -0.826. The maximum atomic E-state index is 13.1. The minimum absolute atomic E-state index is 0.0138. The minimum Gasteiger partial charge on any atom is -0.396 e. The Morgan fingerprint density at radius 2 is 2.12 bits per heavy atom. The molecule has 0 bridgehead atoms. The maximum absolute atomic E-state index is 13.1. The molecule has 0 fully saturated rings. The van der Waals surface area contributed by atoms with Crippen molar-refractivity contribution in [2.75, 3.05) is 6.61 Å². The molecule has 0 atom stereocenters. The van der Waals surface area contributed by atoms with Gasteiger partial charge in [-0.15, -0.1) is 0 Å². The first-order valence-electron chi connectivity index (χ1n) is 5.23. The van der Waals surface area contributed by atoms with Crippen molar-refractivity contribution in [2.45, 2.75) is 25.8 Å². The first-order valence-corrected chi connectivity index (χ1v) is 6.03. The van der Waals surface area contributed by atoms with Crippen molar-refractivity contribution in [3.8, 4) is 0 Å². The predicted molar refractivity (Wildman–Crippen MR) is 67.3 cm³/mol. The average Bonchev–Trinajstić information content (AvgIpc) is 2.14. The standard InChI is InChI=1S/C12H15BrFNO2/c1-12(2,3-4-16)15-11(17)8-5-9(13)7-10(14)6-8/h5-7,16H,3-4H2,1-2H3,(H,15,17). The van der Waals surface area contributed by atoms with Gasteiger partial charge in [0.1, 0.15) is 5.82 Å². The Morgan fingerprint density at radius 1 is 1.47 bits per heavy atom. The van der Waals surface area contributed by atoms with Crippen LogP contribution in [0, 0.1) is 5.82 Å². The molecule has 94 valence electrons. The Bertz CT molecular complexity index is 401. The van der Waals surface area contributed by atoms with Crippen molar-refractivity contribution in [3.63, 3.8) is 0 Å². The molecule has 3 nitrogen and oxygen atoms in total. The lowest BCUT2D eigenvalue weighted by Crippen LogP contribution is -2.44. The lowest BCUT2D eigenvalue weighted by Gasteiger charge is -2.25. The SMILES string of the molecule is CC(C)(CCO)NC(=O)c1cc(F)cc(Br)c1. The third kappa shape index (κ3) is 4.44. The summed E-state index contributed by atoms with van der Waals surface area (Å²) >= 11 is 3.13. The lowest BCUT2D eigenvalue weighted by molar-refractivity contribution is 0.0899. The highest BCUT2D eigenvalue weighted by atomic mass is 79.9. The Kier molecular flexibility index (Phi) is 4.65. The molecule has 5 heteroatoms. The molecule has 2 N–H and O–H groups in total. The van der Waals surface area contributed by atoms with Gasteiger partial charge in [0.05, 0.1) is 0 Å². The zero-order chi connectivity index (χ0) is 13.1. The van der Waals surface area contributed by atoms with Crippen molar-refractivity contribution >= 4 is 21.8 Å². The van der Waals surface area contributed by atoms with E-state index >= 15 is 0 Å². The van der Waals surface area contributed by atoms with E-state index in [1.807, 2.05) is 0 Å². The first kappa shape index (κ1) is 14.1. The van der Waals surface area contributed by atoms with Crippen LogP contribution in [0.2, 0.25) is 0 Å². The van der Waals surface area contributed by atoms with E-state index < -0.39 is 11.4 Å². The van der Waals surface area contributed by atoms with E-state index in [1.165, 1.54) is 12.1 Å². The number of benzene rings is 1. The topological polar surface area (TPSA) is 49.3 Å². The van der Waals surface area contributed by atoms with E-state index in [9.17, 15) is 9.18 Å². The van der Waals surface area contributed by atoms with Crippen molar-refractivity contribution in [3.05, 3.63) is 34.1 Å². The second-order valence-electron chi connectivity index (χ2n) is 4.47. The van der Waals surface area contributed by atoms with E-state index in [2.05, 4.69) is 21.2 Å². The summed E-state index contributed by atoms with van der Waals surface area (Å²) < 4.78 is 13.6. The minimum atomic E-state index is -0.523. The van der Waals surface area contributed by atoms with Crippen molar-refractivity contribution < 1.29 is 14.3 Å². The van der Waals surface area contributed by atoms with Gasteiger partial charge in [-0.3, -0.25) is 4.79 Å². The largest absolute Gasteiger partial charge is 0.396 e. The van der Waals surface area contributed by atoms with E-state index in [1.54, 1.807) is 19.9 Å². The number of amides is 1. The molecule has 0 spiro atoms. The van der Waals surface area contributed by atoms with Crippen molar-refractivity contribution in [1.29, 1.82) is 0 Å². The molecule has 0 unspecified atom stereocenters. The zero-order valence-electron chi connectivity index (χ0n) is 9.76. The molecule has 0 saturated carbocycles. The van der Waals surface area contributed by atoms with Gasteiger partial charge < -0.3 is 10.4 Å². The Morgan fingerprint density at radius 3 is 2.65 bits per heavy atom. The van der Waals surface area contributed by atoms with Crippen LogP contribution in [0.5, 0.6) is 0 Å². The summed E-state index contributed by atoms with van der Waals surface area (Å²) in [6, 6.07) is 4.01. The highest BCUT2D eigenvalue weighted by Gasteiger charge is 2.20. The molecule has 0 heterocycles. The molecule has 1 amide bonds. The average molecular weight is 304 g/mol. The number of hydrogen-bond acceptors (Lipinski definition) is 2. The summed E-state index contributed by atoms with van der Waals surface area (Å²) in [4.78, 5) is 11.9. The molecule has 0 saturated heterocycles.